The van der Waals surface area contributed by atoms with Crippen molar-refractivity contribution in [2.24, 2.45) is 5.92 Å². The van der Waals surface area contributed by atoms with Crippen LogP contribution in [0.2, 0.25) is 0 Å². The number of rotatable bonds is 5. The molecule has 0 fully saturated rings. The number of aliphatic hydroxyl groups excluding tert-OH is 1. The molecule has 136 valence electrons. The first-order valence-corrected chi connectivity index (χ1v) is 8.09. The topological polar surface area (TPSA) is 96.2 Å². The van der Waals surface area contributed by atoms with Gasteiger partial charge in [0.1, 0.15) is 6.29 Å². The first-order valence-electron chi connectivity index (χ1n) is 8.09. The van der Waals surface area contributed by atoms with E-state index in [9.17, 15) is 20.1 Å². The minimum atomic E-state index is -0.484. The summed E-state index contributed by atoms with van der Waals surface area (Å²) in [6.45, 7) is -0.245. The summed E-state index contributed by atoms with van der Waals surface area (Å²) in [5, 5.41) is 30.0. The van der Waals surface area contributed by atoms with Crippen LogP contribution in [-0.2, 0) is 4.79 Å². The van der Waals surface area contributed by atoms with Gasteiger partial charge in [-0.1, -0.05) is 6.07 Å². The number of carbonyl (C=O) groups is 1. The molecular weight excluding hydrogens is 336 g/mol. The zero-order chi connectivity index (χ0) is 18.8. The summed E-state index contributed by atoms with van der Waals surface area (Å²) < 4.78 is 10.3. The van der Waals surface area contributed by atoms with Crippen LogP contribution in [0.25, 0.3) is 6.08 Å². The van der Waals surface area contributed by atoms with E-state index in [0.717, 1.165) is 23.0 Å². The molecule has 6 nitrogen and oxygen atoms in total. The third-order valence-corrected chi connectivity index (χ3v) is 4.77. The molecule has 0 amide bonds. The average molecular weight is 356 g/mol. The van der Waals surface area contributed by atoms with E-state index >= 15 is 0 Å². The summed E-state index contributed by atoms with van der Waals surface area (Å²) in [6.07, 6.45) is 2.42. The Bertz CT molecular complexity index is 871. The molecule has 3 rings (SSSR count). The highest BCUT2D eigenvalue weighted by atomic mass is 16.5. The van der Waals surface area contributed by atoms with E-state index in [1.165, 1.54) is 20.3 Å². The summed E-state index contributed by atoms with van der Waals surface area (Å²) in [4.78, 5) is 11.6. The van der Waals surface area contributed by atoms with E-state index in [1.807, 2.05) is 0 Å². The molecule has 0 heterocycles. The molecule has 2 atom stereocenters. The number of hydrogen-bond acceptors (Lipinski definition) is 6. The summed E-state index contributed by atoms with van der Waals surface area (Å²) in [5.41, 5.74) is 2.67. The second kappa shape index (κ2) is 7.09. The largest absolute Gasteiger partial charge is 0.504 e. The number of carbonyl (C=O) groups excluding carboxylic acids is 1. The maximum absolute atomic E-state index is 11.6. The van der Waals surface area contributed by atoms with Crippen LogP contribution < -0.4 is 9.47 Å². The minimum absolute atomic E-state index is 0.00318. The van der Waals surface area contributed by atoms with Crippen molar-refractivity contribution in [3.8, 4) is 23.0 Å². The number of fused-ring (bicyclic) bond motifs is 1. The van der Waals surface area contributed by atoms with Gasteiger partial charge in [-0.2, -0.15) is 0 Å². The molecule has 2 unspecified atom stereocenters. The van der Waals surface area contributed by atoms with Crippen LogP contribution in [0.15, 0.2) is 35.9 Å². The summed E-state index contributed by atoms with van der Waals surface area (Å²) in [6, 6.07) is 8.13. The number of hydrogen-bond donors (Lipinski definition) is 3. The van der Waals surface area contributed by atoms with Crippen LogP contribution in [0.1, 0.15) is 22.6 Å². The molecule has 1 aliphatic rings. The van der Waals surface area contributed by atoms with Gasteiger partial charge in [0, 0.05) is 11.8 Å². The van der Waals surface area contributed by atoms with Crippen molar-refractivity contribution in [3.05, 3.63) is 52.6 Å². The van der Waals surface area contributed by atoms with Crippen molar-refractivity contribution >= 4 is 12.4 Å². The van der Waals surface area contributed by atoms with Gasteiger partial charge in [-0.15, -0.1) is 0 Å². The summed E-state index contributed by atoms with van der Waals surface area (Å²) in [5.74, 6) is -0.317. The van der Waals surface area contributed by atoms with Gasteiger partial charge in [0.15, 0.2) is 23.0 Å². The van der Waals surface area contributed by atoms with Crippen LogP contribution in [-0.4, -0.2) is 42.4 Å². The Hall–Kier alpha value is -2.99. The lowest BCUT2D eigenvalue weighted by Gasteiger charge is -2.32. The molecule has 1 aliphatic carbocycles. The number of methoxy groups -OCH3 is 2. The van der Waals surface area contributed by atoms with E-state index in [4.69, 9.17) is 9.47 Å². The quantitative estimate of drug-likeness (QED) is 0.712. The van der Waals surface area contributed by atoms with E-state index in [2.05, 4.69) is 0 Å². The van der Waals surface area contributed by atoms with Crippen molar-refractivity contribution in [2.45, 2.75) is 5.92 Å². The monoisotopic (exact) mass is 356 g/mol. The number of phenols is 2. The van der Waals surface area contributed by atoms with Gasteiger partial charge >= 0.3 is 0 Å². The van der Waals surface area contributed by atoms with Crippen molar-refractivity contribution in [1.82, 2.24) is 0 Å². The third kappa shape index (κ3) is 2.88. The Morgan fingerprint density at radius 2 is 1.73 bits per heavy atom. The van der Waals surface area contributed by atoms with Gasteiger partial charge in [-0.05, 0) is 52.6 Å². The van der Waals surface area contributed by atoms with Crippen LogP contribution >= 0.6 is 0 Å². The maximum atomic E-state index is 11.6. The number of aldehydes is 1. The van der Waals surface area contributed by atoms with Gasteiger partial charge in [-0.3, -0.25) is 4.79 Å². The Kier molecular flexibility index (Phi) is 4.86. The van der Waals surface area contributed by atoms with E-state index < -0.39 is 11.8 Å². The van der Waals surface area contributed by atoms with Gasteiger partial charge in [0.05, 0.1) is 20.8 Å². The number of phenolic OH excluding ortho intramolecular Hbond substituents is 2. The highest BCUT2D eigenvalue weighted by Crippen LogP contribution is 2.46. The predicted octanol–water partition coefficient (Wildman–Crippen LogP) is 2.45. The van der Waals surface area contributed by atoms with Gasteiger partial charge in [-0.25, -0.2) is 0 Å². The maximum Gasteiger partial charge on any atom is 0.161 e. The van der Waals surface area contributed by atoms with Crippen LogP contribution in [0.5, 0.6) is 23.0 Å². The molecule has 3 N–H and O–H groups in total. The molecule has 2 aromatic carbocycles. The second-order valence-corrected chi connectivity index (χ2v) is 6.11. The SMILES string of the molecule is COc1cc(C2c3cc(O)c(OC)cc3C=C(C=O)C2CO)ccc1O. The summed E-state index contributed by atoms with van der Waals surface area (Å²) in [7, 11) is 2.90. The second-order valence-electron chi connectivity index (χ2n) is 6.11. The number of ether oxygens (including phenoxy) is 2. The molecule has 0 saturated heterocycles. The first-order chi connectivity index (χ1) is 12.5. The average Bonchev–Trinajstić information content (AvgIpc) is 2.66. The predicted molar refractivity (Wildman–Crippen MR) is 95.8 cm³/mol. The number of benzene rings is 2. The standard InChI is InChI=1S/C20H20O6/c1-25-18-6-11(3-4-16(18)23)20-14-8-17(24)19(26-2)7-12(14)5-13(9-21)15(20)10-22/h3-9,15,20,22-24H,10H2,1-2H3. The molecular formula is C20H20O6. The molecule has 0 bridgehead atoms. The molecule has 0 aliphatic heterocycles. The number of aliphatic hydroxyl groups is 1. The van der Waals surface area contributed by atoms with Gasteiger partial charge < -0.3 is 24.8 Å². The van der Waals surface area contributed by atoms with E-state index in [0.29, 0.717) is 17.1 Å². The Morgan fingerprint density at radius 1 is 1.04 bits per heavy atom. The normalized spacial score (nSPS) is 18.7. The Labute approximate surface area is 150 Å². The van der Waals surface area contributed by atoms with Crippen LogP contribution in [0.3, 0.4) is 0 Å². The van der Waals surface area contributed by atoms with Crippen LogP contribution in [0, 0.1) is 5.92 Å². The van der Waals surface area contributed by atoms with E-state index in [1.54, 1.807) is 30.3 Å². The van der Waals surface area contributed by atoms with E-state index in [-0.39, 0.29) is 18.1 Å². The smallest absolute Gasteiger partial charge is 0.161 e. The lowest BCUT2D eigenvalue weighted by Crippen LogP contribution is -2.25. The fraction of sp³-hybridized carbons (Fsp3) is 0.250. The molecule has 6 heteroatoms. The molecule has 0 spiro atoms. The molecule has 0 saturated carbocycles. The van der Waals surface area contributed by atoms with Crippen molar-refractivity contribution in [1.29, 1.82) is 0 Å². The lowest BCUT2D eigenvalue weighted by atomic mass is 9.72. The highest BCUT2D eigenvalue weighted by Gasteiger charge is 2.34. The van der Waals surface area contributed by atoms with Crippen LogP contribution in [0.4, 0.5) is 0 Å². The zero-order valence-electron chi connectivity index (χ0n) is 14.5. The Balaban J connectivity index is 2.24. The zero-order valence-corrected chi connectivity index (χ0v) is 14.5. The number of aromatic hydroxyl groups is 2. The molecule has 2 aromatic rings. The summed E-state index contributed by atoms with van der Waals surface area (Å²) >= 11 is 0. The third-order valence-electron chi connectivity index (χ3n) is 4.77. The molecule has 26 heavy (non-hydrogen) atoms. The Morgan fingerprint density at radius 3 is 2.35 bits per heavy atom. The van der Waals surface area contributed by atoms with Gasteiger partial charge in [0.25, 0.3) is 0 Å². The van der Waals surface area contributed by atoms with Crippen molar-refractivity contribution < 1.29 is 29.6 Å². The van der Waals surface area contributed by atoms with Crippen molar-refractivity contribution in [2.75, 3.05) is 20.8 Å². The van der Waals surface area contributed by atoms with Gasteiger partial charge in [0.2, 0.25) is 0 Å². The minimum Gasteiger partial charge on any atom is -0.504 e. The van der Waals surface area contributed by atoms with Crippen molar-refractivity contribution in [3.63, 3.8) is 0 Å². The first kappa shape index (κ1) is 17.8. The highest BCUT2D eigenvalue weighted by molar-refractivity contribution is 5.86. The fourth-order valence-electron chi connectivity index (χ4n) is 3.49. The molecule has 0 radical (unpaired) electrons. The lowest BCUT2D eigenvalue weighted by molar-refractivity contribution is -0.105. The molecule has 0 aromatic heterocycles. The fourth-order valence-corrected chi connectivity index (χ4v) is 3.49.